The number of hydrogen-bond acceptors (Lipinski definition) is 7. The van der Waals surface area contributed by atoms with Crippen molar-refractivity contribution >= 4 is 45.0 Å². The first-order chi connectivity index (χ1) is 8.78. The van der Waals surface area contributed by atoms with Gasteiger partial charge in [0.1, 0.15) is 11.0 Å². The van der Waals surface area contributed by atoms with Gasteiger partial charge in [0.05, 0.1) is 17.6 Å². The van der Waals surface area contributed by atoms with Crippen molar-refractivity contribution in [2.75, 3.05) is 11.6 Å². The molecule has 0 spiro atoms. The molecule has 0 saturated heterocycles. The molecule has 8 heteroatoms. The lowest BCUT2D eigenvalue weighted by Gasteiger charge is -2.03. The zero-order valence-electron chi connectivity index (χ0n) is 9.76. The average Bonchev–Trinajstić information content (AvgIpc) is 2.96. The fourth-order valence-electron chi connectivity index (χ4n) is 1.52. The largest absolute Gasteiger partial charge is 0.336 e. The number of aromatic nitrogens is 5. The number of aromatic amines is 1. The zero-order valence-corrected chi connectivity index (χ0v) is 11.4. The molecule has 0 aliphatic rings. The summed E-state index contributed by atoms with van der Waals surface area (Å²) in [5, 5.41) is 10.1. The second-order valence-corrected chi connectivity index (χ2v) is 5.65. The van der Waals surface area contributed by atoms with Gasteiger partial charge in [-0.2, -0.15) is 5.10 Å². The van der Waals surface area contributed by atoms with Gasteiger partial charge in [-0.1, -0.05) is 11.8 Å². The summed E-state index contributed by atoms with van der Waals surface area (Å²) >= 11 is 3.19. The lowest BCUT2D eigenvalue weighted by molar-refractivity contribution is 1.05. The summed E-state index contributed by atoms with van der Waals surface area (Å²) in [6.45, 7) is 1.95. The van der Waals surface area contributed by atoms with Crippen LogP contribution in [0.3, 0.4) is 0 Å². The molecular formula is C10H10N6S2. The van der Waals surface area contributed by atoms with E-state index in [1.807, 2.05) is 13.2 Å². The van der Waals surface area contributed by atoms with Crippen LogP contribution < -0.4 is 5.32 Å². The predicted molar refractivity (Wildman–Crippen MR) is 73.6 cm³/mol. The number of hydrogen-bond donors (Lipinski definition) is 2. The lowest BCUT2D eigenvalue weighted by atomic mass is 10.4. The minimum atomic E-state index is 0.725. The minimum Gasteiger partial charge on any atom is -0.336 e. The van der Waals surface area contributed by atoms with E-state index in [0.29, 0.717) is 0 Å². The number of nitrogens with one attached hydrogen (secondary N) is 2. The van der Waals surface area contributed by atoms with Crippen molar-refractivity contribution in [3.63, 3.8) is 0 Å². The molecule has 92 valence electrons. The molecule has 0 saturated carbocycles. The molecule has 0 radical (unpaired) electrons. The molecule has 0 fully saturated rings. The van der Waals surface area contributed by atoms with Crippen molar-refractivity contribution in [3.05, 3.63) is 18.2 Å². The number of rotatable bonds is 3. The first-order valence-corrected chi connectivity index (χ1v) is 7.24. The Morgan fingerprint density at radius 2 is 2.28 bits per heavy atom. The highest BCUT2D eigenvalue weighted by atomic mass is 32.2. The number of anilines is 2. The van der Waals surface area contributed by atoms with E-state index >= 15 is 0 Å². The summed E-state index contributed by atoms with van der Waals surface area (Å²) in [6.07, 6.45) is 5.25. The first kappa shape index (κ1) is 11.4. The van der Waals surface area contributed by atoms with Gasteiger partial charge >= 0.3 is 0 Å². The molecule has 6 nitrogen and oxygen atoms in total. The van der Waals surface area contributed by atoms with Crippen LogP contribution in [0.4, 0.5) is 11.5 Å². The SMILES string of the molecule is CSc1nc2ncnc(Nc3cn[nH]c3C)c2s1. The van der Waals surface area contributed by atoms with Gasteiger partial charge in [0.15, 0.2) is 15.8 Å². The molecule has 3 aromatic rings. The number of aryl methyl sites for hydroxylation is 1. The van der Waals surface area contributed by atoms with Gasteiger partial charge in [-0.05, 0) is 13.2 Å². The topological polar surface area (TPSA) is 79.4 Å². The molecule has 3 aromatic heterocycles. The van der Waals surface area contributed by atoms with E-state index in [1.165, 1.54) is 6.33 Å². The monoisotopic (exact) mass is 278 g/mol. The van der Waals surface area contributed by atoms with E-state index in [9.17, 15) is 0 Å². The molecule has 0 aliphatic carbocycles. The fraction of sp³-hybridized carbons (Fsp3) is 0.200. The first-order valence-electron chi connectivity index (χ1n) is 5.20. The predicted octanol–water partition coefficient (Wildman–Crippen LogP) is 2.58. The van der Waals surface area contributed by atoms with Crippen LogP contribution in [0.5, 0.6) is 0 Å². The summed E-state index contributed by atoms with van der Waals surface area (Å²) in [5.41, 5.74) is 2.61. The van der Waals surface area contributed by atoms with Crippen LogP contribution in [0.2, 0.25) is 0 Å². The van der Waals surface area contributed by atoms with Crippen LogP contribution in [0, 0.1) is 6.92 Å². The van der Waals surface area contributed by atoms with Gasteiger partial charge in [-0.3, -0.25) is 5.10 Å². The van der Waals surface area contributed by atoms with Crippen LogP contribution >= 0.6 is 23.1 Å². The molecule has 0 amide bonds. The molecule has 0 atom stereocenters. The number of thiazole rings is 1. The van der Waals surface area contributed by atoms with Crippen LogP contribution in [0.25, 0.3) is 10.3 Å². The summed E-state index contributed by atoms with van der Waals surface area (Å²) in [5.74, 6) is 0.766. The smallest absolute Gasteiger partial charge is 0.176 e. The van der Waals surface area contributed by atoms with Gasteiger partial charge in [-0.25, -0.2) is 15.0 Å². The molecule has 3 heterocycles. The summed E-state index contributed by atoms with van der Waals surface area (Å²) in [7, 11) is 0. The molecule has 0 bridgehead atoms. The molecule has 0 aromatic carbocycles. The number of H-pyrrole nitrogens is 1. The van der Waals surface area contributed by atoms with Gasteiger partial charge < -0.3 is 5.32 Å². The van der Waals surface area contributed by atoms with E-state index in [4.69, 9.17) is 0 Å². The average molecular weight is 278 g/mol. The number of thioether (sulfide) groups is 1. The maximum absolute atomic E-state index is 4.41. The summed E-state index contributed by atoms with van der Waals surface area (Å²) < 4.78 is 1.94. The van der Waals surface area contributed by atoms with Crippen molar-refractivity contribution < 1.29 is 0 Å². The van der Waals surface area contributed by atoms with Crippen LogP contribution in [-0.4, -0.2) is 31.4 Å². The zero-order chi connectivity index (χ0) is 12.5. The van der Waals surface area contributed by atoms with Crippen LogP contribution in [0.1, 0.15) is 5.69 Å². The van der Waals surface area contributed by atoms with Crippen molar-refractivity contribution in [1.82, 2.24) is 25.1 Å². The molecule has 0 aliphatic heterocycles. The maximum atomic E-state index is 4.41. The van der Waals surface area contributed by atoms with Crippen LogP contribution in [-0.2, 0) is 0 Å². The van der Waals surface area contributed by atoms with E-state index in [2.05, 4.69) is 30.5 Å². The molecule has 2 N–H and O–H groups in total. The Bertz CT molecular complexity index is 689. The Morgan fingerprint density at radius 3 is 3.00 bits per heavy atom. The molecule has 3 rings (SSSR count). The second-order valence-electron chi connectivity index (χ2n) is 3.59. The van der Waals surface area contributed by atoms with Crippen molar-refractivity contribution in [3.8, 4) is 0 Å². The quantitative estimate of drug-likeness (QED) is 0.717. The number of nitrogens with zero attached hydrogens (tertiary/aromatic N) is 4. The fourth-order valence-corrected chi connectivity index (χ4v) is 2.97. The van der Waals surface area contributed by atoms with Crippen molar-refractivity contribution in [2.24, 2.45) is 0 Å². The molecule has 0 unspecified atom stereocenters. The third kappa shape index (κ3) is 1.93. The molecular weight excluding hydrogens is 268 g/mol. The Balaban J connectivity index is 2.06. The standard InChI is InChI=1S/C10H10N6S2/c1-5-6(3-13-16-5)14-8-7-9(12-4-11-8)15-10(17-2)18-7/h3-4H,1-2H3,(H,13,16)(H,11,12,14). The second kappa shape index (κ2) is 4.54. The maximum Gasteiger partial charge on any atom is 0.176 e. The van der Waals surface area contributed by atoms with Crippen LogP contribution in [0.15, 0.2) is 16.9 Å². The van der Waals surface area contributed by atoms with Gasteiger partial charge in [0.25, 0.3) is 0 Å². The highest BCUT2D eigenvalue weighted by Crippen LogP contribution is 2.32. The van der Waals surface area contributed by atoms with E-state index in [0.717, 1.165) is 31.9 Å². The van der Waals surface area contributed by atoms with Crippen molar-refractivity contribution in [1.29, 1.82) is 0 Å². The van der Waals surface area contributed by atoms with Gasteiger partial charge in [0.2, 0.25) is 0 Å². The summed E-state index contributed by atoms with van der Waals surface area (Å²) in [4.78, 5) is 12.9. The van der Waals surface area contributed by atoms with E-state index < -0.39 is 0 Å². The third-order valence-corrected chi connectivity index (χ3v) is 4.47. The Labute approximate surface area is 111 Å². The van der Waals surface area contributed by atoms with E-state index in [1.54, 1.807) is 29.3 Å². The third-order valence-electron chi connectivity index (χ3n) is 2.43. The summed E-state index contributed by atoms with van der Waals surface area (Å²) in [6, 6.07) is 0. The Kier molecular flexibility index (Phi) is 2.88. The Morgan fingerprint density at radius 1 is 1.39 bits per heavy atom. The highest BCUT2D eigenvalue weighted by Gasteiger charge is 2.11. The Hall–Kier alpha value is -1.67. The van der Waals surface area contributed by atoms with E-state index in [-0.39, 0.29) is 0 Å². The number of fused-ring (bicyclic) bond motifs is 1. The normalized spacial score (nSPS) is 11.0. The minimum absolute atomic E-state index is 0.725. The molecule has 18 heavy (non-hydrogen) atoms. The highest BCUT2D eigenvalue weighted by molar-refractivity contribution is 8.00. The van der Waals surface area contributed by atoms with Crippen molar-refractivity contribution in [2.45, 2.75) is 11.3 Å². The van der Waals surface area contributed by atoms with Gasteiger partial charge in [0, 0.05) is 0 Å². The lowest BCUT2D eigenvalue weighted by Crippen LogP contribution is -1.94. The van der Waals surface area contributed by atoms with Gasteiger partial charge in [-0.15, -0.1) is 11.3 Å².